The molecule has 0 aliphatic carbocycles. The first kappa shape index (κ1) is 20.4. The average Bonchev–Trinajstić information content (AvgIpc) is 2.14. The summed E-state index contributed by atoms with van der Waals surface area (Å²) >= 11 is 0. The van der Waals surface area contributed by atoms with Crippen LogP contribution in [-0.4, -0.2) is 60.1 Å². The predicted molar refractivity (Wildman–Crippen MR) is 106 cm³/mol. The first-order valence-corrected chi connectivity index (χ1v) is 27.6. The average molecular weight is 387 g/mol. The molecule has 0 spiro atoms. The Hall–Kier alpha value is 1.40. The smallest absolute Gasteiger partial charge is 0.156 e. The SMILES string of the molecule is C[SiH2]O[Si](C)(C)[SiH]([Si](C)(C)O[SiH2]C)[Si](C)(C)O[SiH2]C. The predicted octanol–water partition coefficient (Wildman–Crippen LogP) is 0.509. The molecule has 0 aromatic rings. The first-order valence-electron chi connectivity index (χ1n) is 7.47. The molecule has 0 aromatic heterocycles. The summed E-state index contributed by atoms with van der Waals surface area (Å²) < 4.78 is 19.3. The van der Waals surface area contributed by atoms with E-state index in [9.17, 15) is 0 Å². The van der Waals surface area contributed by atoms with Gasteiger partial charge in [0.15, 0.2) is 23.5 Å². The Balaban J connectivity index is 5.49. The van der Waals surface area contributed by atoms with Gasteiger partial charge in [-0.25, -0.2) is 0 Å². The van der Waals surface area contributed by atoms with Crippen LogP contribution in [0.4, 0.5) is 0 Å². The first-order chi connectivity index (χ1) is 8.55. The zero-order valence-corrected chi connectivity index (χ0v) is 22.8. The summed E-state index contributed by atoms with van der Waals surface area (Å²) in [5, 5.41) is 0. The van der Waals surface area contributed by atoms with E-state index in [0.29, 0.717) is 0 Å². The van der Waals surface area contributed by atoms with Gasteiger partial charge in [-0.05, 0) is 39.3 Å². The fourth-order valence-corrected chi connectivity index (χ4v) is 103. The second kappa shape index (κ2) is 8.14. The molecule has 0 aliphatic rings. The number of hydrogen-bond acceptors (Lipinski definition) is 3. The van der Waals surface area contributed by atoms with Crippen LogP contribution in [0.25, 0.3) is 0 Å². The molecule has 19 heavy (non-hydrogen) atoms. The van der Waals surface area contributed by atoms with Gasteiger partial charge in [0, 0.05) is 0 Å². The van der Waals surface area contributed by atoms with E-state index in [-0.39, 0.29) is 29.3 Å². The zero-order chi connectivity index (χ0) is 15.3. The monoisotopic (exact) mass is 386 g/mol. The van der Waals surface area contributed by atoms with Crippen LogP contribution in [0.5, 0.6) is 0 Å². The van der Waals surface area contributed by atoms with E-state index in [1.165, 1.54) is 0 Å². The molecule has 0 radical (unpaired) electrons. The Morgan fingerprint density at radius 1 is 0.579 bits per heavy atom. The van der Waals surface area contributed by atoms with Crippen LogP contribution in [0.3, 0.4) is 0 Å². The molecule has 10 heteroatoms. The second-order valence-electron chi connectivity index (χ2n) is 6.54. The van der Waals surface area contributed by atoms with E-state index < -0.39 is 30.9 Å². The van der Waals surface area contributed by atoms with Gasteiger partial charge >= 0.3 is 0 Å². The Labute approximate surface area is 131 Å². The molecule has 0 bridgehead atoms. The molecular formula is C9H34O3Si7. The van der Waals surface area contributed by atoms with Crippen LogP contribution in [0.2, 0.25) is 58.9 Å². The normalized spacial score (nSPS) is 17.5. The molecule has 116 valence electrons. The summed E-state index contributed by atoms with van der Waals surface area (Å²) in [5.74, 6) is 0. The number of rotatable bonds is 9. The van der Waals surface area contributed by atoms with E-state index in [1.54, 1.807) is 0 Å². The van der Waals surface area contributed by atoms with Crippen LogP contribution in [0.15, 0.2) is 0 Å². The summed E-state index contributed by atoms with van der Waals surface area (Å²) in [7, 11) is -6.71. The van der Waals surface area contributed by atoms with E-state index in [1.807, 2.05) is 0 Å². The maximum absolute atomic E-state index is 6.44. The molecule has 0 aromatic carbocycles. The maximum atomic E-state index is 6.44. The molecule has 0 heterocycles. The Kier molecular flexibility index (Phi) is 8.74. The highest BCUT2D eigenvalue weighted by molar-refractivity contribution is 7.79. The van der Waals surface area contributed by atoms with Crippen molar-refractivity contribution >= 4 is 60.1 Å². The molecule has 0 unspecified atom stereocenters. The van der Waals surface area contributed by atoms with Gasteiger partial charge in [-0.15, -0.1) is 0 Å². The third-order valence-corrected chi connectivity index (χ3v) is 74.8. The molecule has 0 amide bonds. The minimum Gasteiger partial charge on any atom is -0.463 e. The second-order valence-corrected chi connectivity index (χ2v) is 45.1. The van der Waals surface area contributed by atoms with Gasteiger partial charge < -0.3 is 12.3 Å². The van der Waals surface area contributed by atoms with Gasteiger partial charge in [0.05, 0.1) is 0 Å². The van der Waals surface area contributed by atoms with Crippen molar-refractivity contribution in [3.63, 3.8) is 0 Å². The van der Waals surface area contributed by atoms with Crippen molar-refractivity contribution in [3.8, 4) is 0 Å². The zero-order valence-electron chi connectivity index (χ0n) is 14.4. The van der Waals surface area contributed by atoms with Gasteiger partial charge in [-0.2, -0.15) is 0 Å². The molecule has 0 saturated carbocycles. The van der Waals surface area contributed by atoms with Gasteiger partial charge in [0.1, 0.15) is 36.6 Å². The molecular weight excluding hydrogens is 353 g/mol. The van der Waals surface area contributed by atoms with Gasteiger partial charge in [0.2, 0.25) is 0 Å². The van der Waals surface area contributed by atoms with Crippen LogP contribution in [0.1, 0.15) is 0 Å². The van der Waals surface area contributed by atoms with E-state index >= 15 is 0 Å². The maximum Gasteiger partial charge on any atom is 0.156 e. The van der Waals surface area contributed by atoms with Crippen LogP contribution >= 0.6 is 0 Å². The summed E-state index contributed by atoms with van der Waals surface area (Å²) in [6.07, 6.45) is 0. The summed E-state index contributed by atoms with van der Waals surface area (Å²) in [4.78, 5) is 0. The van der Waals surface area contributed by atoms with E-state index in [0.717, 1.165) is 0 Å². The van der Waals surface area contributed by atoms with Crippen molar-refractivity contribution in [3.05, 3.63) is 0 Å². The quantitative estimate of drug-likeness (QED) is 0.540. The van der Waals surface area contributed by atoms with Crippen LogP contribution in [-0.2, 0) is 12.3 Å². The minimum absolute atomic E-state index is 0.324. The Morgan fingerprint density at radius 3 is 0.947 bits per heavy atom. The fraction of sp³-hybridized carbons (Fsp3) is 1.00. The fourth-order valence-electron chi connectivity index (χ4n) is 3.88. The van der Waals surface area contributed by atoms with Crippen molar-refractivity contribution < 1.29 is 12.3 Å². The van der Waals surface area contributed by atoms with Gasteiger partial charge in [-0.1, -0.05) is 19.6 Å². The summed E-state index contributed by atoms with van der Waals surface area (Å²) in [6.45, 7) is 21.6. The third kappa shape index (κ3) is 5.96. The highest BCUT2D eigenvalue weighted by Crippen LogP contribution is 2.27. The topological polar surface area (TPSA) is 27.7 Å². The highest BCUT2D eigenvalue weighted by Gasteiger charge is 2.56. The Morgan fingerprint density at radius 2 is 0.789 bits per heavy atom. The van der Waals surface area contributed by atoms with Gasteiger partial charge in [0.25, 0.3) is 0 Å². The lowest BCUT2D eigenvalue weighted by molar-refractivity contribution is 0.598. The molecule has 0 fully saturated rings. The Bertz CT molecular complexity index is 230. The highest BCUT2D eigenvalue weighted by atomic mass is 29.9. The van der Waals surface area contributed by atoms with Crippen molar-refractivity contribution in [2.24, 2.45) is 0 Å². The van der Waals surface area contributed by atoms with Crippen LogP contribution in [0, 0.1) is 0 Å². The van der Waals surface area contributed by atoms with Crippen molar-refractivity contribution in [1.29, 1.82) is 0 Å². The molecule has 0 atom stereocenters. The molecule has 0 saturated heterocycles. The van der Waals surface area contributed by atoms with Crippen molar-refractivity contribution in [1.82, 2.24) is 0 Å². The molecule has 0 aliphatic heterocycles. The number of hydrogen-bond donors (Lipinski definition) is 0. The summed E-state index contributed by atoms with van der Waals surface area (Å²) in [6, 6.07) is 0. The van der Waals surface area contributed by atoms with Crippen molar-refractivity contribution in [2.45, 2.75) is 58.9 Å². The lowest BCUT2D eigenvalue weighted by atomic mass is 11.9. The lowest BCUT2D eigenvalue weighted by Gasteiger charge is -2.47. The lowest BCUT2D eigenvalue weighted by Crippen LogP contribution is -2.76. The van der Waals surface area contributed by atoms with E-state index in [4.69, 9.17) is 12.3 Å². The third-order valence-electron chi connectivity index (χ3n) is 3.63. The largest absolute Gasteiger partial charge is 0.463 e. The molecule has 0 N–H and O–H groups in total. The molecule has 3 nitrogen and oxygen atoms in total. The standard InChI is InChI=1S/C9H34O3Si7/c1-13-10-17(4,5)16(18(6,7)11-14-2)19(8,9)12-15-3/h16H,13-15H2,1-9H3. The van der Waals surface area contributed by atoms with Crippen LogP contribution < -0.4 is 0 Å². The minimum atomic E-state index is -1.56. The van der Waals surface area contributed by atoms with Gasteiger partial charge in [-0.3, -0.25) is 0 Å². The van der Waals surface area contributed by atoms with Crippen molar-refractivity contribution in [2.75, 3.05) is 0 Å². The van der Waals surface area contributed by atoms with E-state index in [2.05, 4.69) is 58.9 Å². The summed E-state index contributed by atoms with van der Waals surface area (Å²) in [5.41, 5.74) is 0. The molecule has 0 rings (SSSR count).